The minimum Gasteiger partial charge on any atom is -0.455 e. The predicted molar refractivity (Wildman–Crippen MR) is 195 cm³/mol. The second-order valence-corrected chi connectivity index (χ2v) is 10.0. The maximum absolute atomic E-state index is 9.61. The highest BCUT2D eigenvalue weighted by Gasteiger charge is 2.18. The van der Waals surface area contributed by atoms with E-state index in [1.54, 1.807) is 0 Å². The molecule has 0 aliphatic carbocycles. The Bertz CT molecular complexity index is 3950. The van der Waals surface area contributed by atoms with E-state index in [2.05, 4.69) is 0 Å². The van der Waals surface area contributed by atoms with Crippen LogP contribution in [0.5, 0.6) is 0 Å². The van der Waals surface area contributed by atoms with Crippen molar-refractivity contribution in [2.45, 2.75) is 6.92 Å². The molecular weight excluding hydrogens is 556 g/mol. The van der Waals surface area contributed by atoms with Gasteiger partial charge in [0.25, 0.3) is 0 Å². The largest absolute Gasteiger partial charge is 0.455 e. The monoisotopic (exact) mass is 613 g/mol. The topological polar surface area (TPSA) is 13.1 Å². The molecule has 0 saturated carbocycles. The standard InChI is InChI=1S/C45H30O/c1-29-12-10-21-40-42(29)44(32-15-6-3-7-16-32)38-18-9-8-17-37(38)43(40)33-24-22-31(23-25-33)35-19-11-20-39-36-27-26-34(28-41(36)46-45(35)39)30-13-4-2-5-14-30/h2-28H,1H3/i2D,3D,4D,5D,6D,7D,8D,9D,10D,11D,12D,13D,14D,15D,16D,17D,18D,19D,20D,21D,22D,23D,24D,25D,26D,27D,28D. The highest BCUT2D eigenvalue weighted by Crippen LogP contribution is 2.45. The second kappa shape index (κ2) is 10.6. The number of hydrogen-bond donors (Lipinski definition) is 0. The summed E-state index contributed by atoms with van der Waals surface area (Å²) >= 11 is 0. The second-order valence-electron chi connectivity index (χ2n) is 10.0. The van der Waals surface area contributed by atoms with Crippen LogP contribution < -0.4 is 0 Å². The quantitative estimate of drug-likeness (QED) is 0.180. The van der Waals surface area contributed by atoms with Gasteiger partial charge in [-0.15, -0.1) is 0 Å². The van der Waals surface area contributed by atoms with E-state index in [1.165, 1.54) is 6.92 Å². The Balaban J connectivity index is 1.48. The normalized spacial score (nSPS) is 19.8. The van der Waals surface area contributed by atoms with Gasteiger partial charge in [0.05, 0.1) is 37.0 Å². The van der Waals surface area contributed by atoms with Crippen molar-refractivity contribution >= 4 is 43.5 Å². The van der Waals surface area contributed by atoms with Crippen molar-refractivity contribution in [1.29, 1.82) is 0 Å². The van der Waals surface area contributed by atoms with Gasteiger partial charge in [0.1, 0.15) is 11.2 Å². The molecule has 0 bridgehead atoms. The van der Waals surface area contributed by atoms with Gasteiger partial charge in [-0.05, 0) is 85.1 Å². The maximum Gasteiger partial charge on any atom is 0.143 e. The van der Waals surface area contributed by atoms with Crippen molar-refractivity contribution in [3.05, 3.63) is 169 Å². The number of aryl methyl sites for hydroxylation is 1. The van der Waals surface area contributed by atoms with Crippen molar-refractivity contribution < 1.29 is 41.4 Å². The highest BCUT2D eigenvalue weighted by atomic mass is 16.3. The molecule has 9 aromatic rings. The van der Waals surface area contributed by atoms with E-state index in [-0.39, 0.29) is 10.9 Å². The average molecular weight is 614 g/mol. The average Bonchev–Trinajstić information content (AvgIpc) is 3.77. The van der Waals surface area contributed by atoms with Crippen molar-refractivity contribution in [2.24, 2.45) is 0 Å². The van der Waals surface area contributed by atoms with Crippen LogP contribution in [0.3, 0.4) is 0 Å². The molecule has 1 aromatic heterocycles. The van der Waals surface area contributed by atoms with E-state index >= 15 is 0 Å². The lowest BCUT2D eigenvalue weighted by molar-refractivity contribution is 0.670. The molecule has 0 saturated heterocycles. The summed E-state index contributed by atoms with van der Waals surface area (Å²) in [5.74, 6) is 0. The van der Waals surface area contributed by atoms with Gasteiger partial charge in [-0.3, -0.25) is 0 Å². The van der Waals surface area contributed by atoms with Crippen LogP contribution in [0.15, 0.2) is 168 Å². The first-order chi connectivity index (χ1) is 34.0. The minimum atomic E-state index is -1.04. The Labute approximate surface area is 305 Å². The molecule has 1 nitrogen and oxygen atoms in total. The Hall–Kier alpha value is -5.92. The third-order valence-electron chi connectivity index (χ3n) is 7.44. The highest BCUT2D eigenvalue weighted by molar-refractivity contribution is 6.22. The first-order valence-electron chi connectivity index (χ1n) is 27.2. The lowest BCUT2D eigenvalue weighted by Crippen LogP contribution is -1.92. The number of rotatable bonds is 4. The number of furan rings is 1. The molecule has 0 spiro atoms. The van der Waals surface area contributed by atoms with E-state index in [0.717, 1.165) is 0 Å². The smallest absolute Gasteiger partial charge is 0.143 e. The predicted octanol–water partition coefficient (Wildman–Crippen LogP) is 12.9. The third kappa shape index (κ3) is 4.17. The zero-order valence-electron chi connectivity index (χ0n) is 50.4. The molecular formula is C45H30O. The van der Waals surface area contributed by atoms with Gasteiger partial charge in [-0.25, -0.2) is 0 Å². The van der Waals surface area contributed by atoms with E-state index in [9.17, 15) is 11.0 Å². The number of para-hydroxylation sites is 1. The molecule has 0 N–H and O–H groups in total. The Morgan fingerprint density at radius 1 is 0.413 bits per heavy atom. The summed E-state index contributed by atoms with van der Waals surface area (Å²) in [6, 6.07) is -23.6. The van der Waals surface area contributed by atoms with Crippen LogP contribution in [0.4, 0.5) is 0 Å². The fourth-order valence-electron chi connectivity index (χ4n) is 5.47. The zero-order chi connectivity index (χ0) is 54.1. The van der Waals surface area contributed by atoms with Crippen molar-refractivity contribution in [2.75, 3.05) is 0 Å². The summed E-state index contributed by atoms with van der Waals surface area (Å²) in [7, 11) is 0. The molecule has 46 heavy (non-hydrogen) atoms. The Morgan fingerprint density at radius 2 is 0.978 bits per heavy atom. The van der Waals surface area contributed by atoms with Gasteiger partial charge in [0.2, 0.25) is 0 Å². The van der Waals surface area contributed by atoms with Crippen molar-refractivity contribution in [3.63, 3.8) is 0 Å². The summed E-state index contributed by atoms with van der Waals surface area (Å²) in [6.07, 6.45) is 0. The number of hydrogen-bond acceptors (Lipinski definition) is 1. The van der Waals surface area contributed by atoms with Crippen LogP contribution in [-0.2, 0) is 0 Å². The molecule has 0 atom stereocenters. The first kappa shape index (κ1) is 10.9. The molecule has 1 heterocycles. The number of fused-ring (bicyclic) bond motifs is 5. The van der Waals surface area contributed by atoms with Crippen LogP contribution in [0.25, 0.3) is 88.0 Å². The summed E-state index contributed by atoms with van der Waals surface area (Å²) < 4.78 is 246. The molecule has 0 aliphatic rings. The molecule has 8 aromatic carbocycles. The van der Waals surface area contributed by atoms with E-state index in [0.29, 0.717) is 0 Å². The van der Waals surface area contributed by atoms with Gasteiger partial charge in [0.15, 0.2) is 0 Å². The summed E-state index contributed by atoms with van der Waals surface area (Å²) in [5, 5.41) is -3.12. The zero-order valence-corrected chi connectivity index (χ0v) is 23.4. The lowest BCUT2D eigenvalue weighted by atomic mass is 9.84. The van der Waals surface area contributed by atoms with Crippen LogP contribution >= 0.6 is 0 Å². The molecule has 0 aliphatic heterocycles. The fraction of sp³-hybridized carbons (Fsp3) is 0.0222. The van der Waals surface area contributed by atoms with Crippen LogP contribution in [0.2, 0.25) is 0 Å². The molecule has 1 heteroatoms. The summed E-state index contributed by atoms with van der Waals surface area (Å²) in [5.41, 5.74) is -6.82. The van der Waals surface area contributed by atoms with Crippen molar-refractivity contribution in [1.82, 2.24) is 0 Å². The van der Waals surface area contributed by atoms with Gasteiger partial charge in [-0.1, -0.05) is 151 Å². The molecule has 216 valence electrons. The summed E-state index contributed by atoms with van der Waals surface area (Å²) in [4.78, 5) is 0. The fourth-order valence-corrected chi connectivity index (χ4v) is 5.47. The molecule has 0 fully saturated rings. The van der Waals surface area contributed by atoms with E-state index < -0.39 is 246 Å². The Kier molecular flexibility index (Phi) is 2.50. The molecule has 0 amide bonds. The van der Waals surface area contributed by atoms with Crippen molar-refractivity contribution in [3.8, 4) is 44.5 Å². The van der Waals surface area contributed by atoms with Crippen LogP contribution in [-0.4, -0.2) is 0 Å². The maximum atomic E-state index is 9.61. The Morgan fingerprint density at radius 3 is 1.74 bits per heavy atom. The van der Waals surface area contributed by atoms with E-state index in [1.807, 2.05) is 0 Å². The van der Waals surface area contributed by atoms with E-state index in [4.69, 9.17) is 30.5 Å². The lowest BCUT2D eigenvalue weighted by Gasteiger charge is -2.19. The molecule has 0 radical (unpaired) electrons. The molecule has 9 rings (SSSR count). The minimum absolute atomic E-state index is 0.210. The third-order valence-corrected chi connectivity index (χ3v) is 7.44. The SMILES string of the molecule is [2H]c1c([2H])c([2H])c(-c2c([2H])c([2H])c3c(oc4c(-c5c([2H])c([2H])c(-c6c7c([2H])c([2H])c([2H])c([2H])c7c(-c7c([2H])c([2H])c([2H])c([2H])c7[2H])c7c(C)c([2H])c([2H])c([2H])c67)c([2H])c5[2H])c([2H])c([2H])c([2H])c43)c2[2H])c([2H])c1[2H]. The van der Waals surface area contributed by atoms with Gasteiger partial charge >= 0.3 is 0 Å². The summed E-state index contributed by atoms with van der Waals surface area (Å²) in [6.45, 7) is 1.27. The van der Waals surface area contributed by atoms with Gasteiger partial charge in [-0.2, -0.15) is 0 Å². The van der Waals surface area contributed by atoms with Gasteiger partial charge in [0, 0.05) is 16.3 Å². The van der Waals surface area contributed by atoms with Crippen LogP contribution in [0.1, 0.15) is 42.6 Å². The molecule has 0 unspecified atom stereocenters. The van der Waals surface area contributed by atoms with Crippen LogP contribution in [0, 0.1) is 6.92 Å². The first-order valence-corrected chi connectivity index (χ1v) is 13.7. The number of benzene rings is 8. The van der Waals surface area contributed by atoms with Gasteiger partial charge < -0.3 is 4.42 Å².